The molecule has 104 valence electrons. The number of ether oxygens (including phenoxy) is 1. The van der Waals surface area contributed by atoms with Gasteiger partial charge in [0, 0.05) is 19.2 Å². The minimum Gasteiger partial charge on any atom is -0.446 e. The van der Waals surface area contributed by atoms with Crippen molar-refractivity contribution in [2.45, 2.75) is 26.7 Å². The molecule has 0 amide bonds. The van der Waals surface area contributed by atoms with E-state index in [0.717, 1.165) is 45.9 Å². The first-order valence-electron chi connectivity index (χ1n) is 6.65. The van der Waals surface area contributed by atoms with Crippen molar-refractivity contribution in [1.29, 1.82) is 0 Å². The number of esters is 1. The van der Waals surface area contributed by atoms with Gasteiger partial charge in [-0.2, -0.15) is 0 Å². The molecule has 0 saturated carbocycles. The molecule has 0 spiro atoms. The summed E-state index contributed by atoms with van der Waals surface area (Å²) < 4.78 is 5.10. The standard InChI is InChI=1S/C13H25N3O2/c1-4-7-14-9-15(8-5-2)11-16(10-14)12-18-13(17)6-3/h6H,3-5,7-12H2,1-2H3. The van der Waals surface area contributed by atoms with Crippen LogP contribution in [-0.4, -0.2) is 60.5 Å². The Balaban J connectivity index is 2.44. The fourth-order valence-electron chi connectivity index (χ4n) is 2.19. The molecule has 5 nitrogen and oxygen atoms in total. The minimum absolute atomic E-state index is 0.339. The van der Waals surface area contributed by atoms with Crippen molar-refractivity contribution in [1.82, 2.24) is 14.7 Å². The molecule has 0 aromatic heterocycles. The fourth-order valence-corrected chi connectivity index (χ4v) is 2.19. The third kappa shape index (κ3) is 5.16. The molecule has 0 bridgehead atoms. The van der Waals surface area contributed by atoms with Gasteiger partial charge in [-0.1, -0.05) is 20.4 Å². The predicted molar refractivity (Wildman–Crippen MR) is 71.6 cm³/mol. The first-order valence-corrected chi connectivity index (χ1v) is 6.65. The molecule has 1 aliphatic rings. The Hall–Kier alpha value is -0.910. The van der Waals surface area contributed by atoms with Crippen LogP contribution in [0.1, 0.15) is 26.7 Å². The Kier molecular flexibility index (Phi) is 6.93. The van der Waals surface area contributed by atoms with Crippen LogP contribution in [-0.2, 0) is 9.53 Å². The van der Waals surface area contributed by atoms with Gasteiger partial charge < -0.3 is 4.74 Å². The maximum absolute atomic E-state index is 11.1. The summed E-state index contributed by atoms with van der Waals surface area (Å²) >= 11 is 0. The highest BCUT2D eigenvalue weighted by atomic mass is 16.5. The molecule has 5 heteroatoms. The lowest BCUT2D eigenvalue weighted by Gasteiger charge is -2.41. The molecule has 1 aliphatic heterocycles. The average molecular weight is 255 g/mol. The maximum Gasteiger partial charge on any atom is 0.331 e. The van der Waals surface area contributed by atoms with E-state index in [1.165, 1.54) is 6.08 Å². The summed E-state index contributed by atoms with van der Waals surface area (Å²) in [6.45, 7) is 13.0. The van der Waals surface area contributed by atoms with Gasteiger partial charge in [-0.3, -0.25) is 9.80 Å². The molecule has 18 heavy (non-hydrogen) atoms. The van der Waals surface area contributed by atoms with Crippen molar-refractivity contribution in [3.63, 3.8) is 0 Å². The van der Waals surface area contributed by atoms with Gasteiger partial charge in [-0.05, 0) is 12.8 Å². The summed E-state index contributed by atoms with van der Waals surface area (Å²) in [7, 11) is 0. The monoisotopic (exact) mass is 255 g/mol. The van der Waals surface area contributed by atoms with E-state index < -0.39 is 0 Å². The van der Waals surface area contributed by atoms with E-state index in [1.807, 2.05) is 0 Å². The number of carbonyl (C=O) groups excluding carboxylic acids is 1. The molecule has 1 rings (SSSR count). The molecule has 0 N–H and O–H groups in total. The Morgan fingerprint density at radius 1 is 1.11 bits per heavy atom. The van der Waals surface area contributed by atoms with Crippen molar-refractivity contribution < 1.29 is 9.53 Å². The second-order valence-electron chi connectivity index (χ2n) is 4.68. The summed E-state index contributed by atoms with van der Waals surface area (Å²) in [5, 5.41) is 0. The summed E-state index contributed by atoms with van der Waals surface area (Å²) in [5.41, 5.74) is 0. The van der Waals surface area contributed by atoms with Crippen LogP contribution in [0, 0.1) is 0 Å². The van der Waals surface area contributed by atoms with Gasteiger partial charge in [-0.15, -0.1) is 0 Å². The van der Waals surface area contributed by atoms with Gasteiger partial charge in [0.05, 0.1) is 20.0 Å². The number of carbonyl (C=O) groups is 1. The van der Waals surface area contributed by atoms with Gasteiger partial charge in [-0.25, -0.2) is 9.69 Å². The van der Waals surface area contributed by atoms with Crippen LogP contribution >= 0.6 is 0 Å². The van der Waals surface area contributed by atoms with Crippen LogP contribution in [0.3, 0.4) is 0 Å². The van der Waals surface area contributed by atoms with E-state index in [0.29, 0.717) is 6.73 Å². The number of hydrogen-bond donors (Lipinski definition) is 0. The van der Waals surface area contributed by atoms with E-state index in [9.17, 15) is 4.79 Å². The van der Waals surface area contributed by atoms with Crippen LogP contribution in [0.25, 0.3) is 0 Å². The molecule has 0 aliphatic carbocycles. The molecule has 1 heterocycles. The van der Waals surface area contributed by atoms with Crippen molar-refractivity contribution in [2.75, 3.05) is 39.8 Å². The predicted octanol–water partition coefficient (Wildman–Crippen LogP) is 1.29. The van der Waals surface area contributed by atoms with Crippen molar-refractivity contribution in [3.05, 3.63) is 12.7 Å². The van der Waals surface area contributed by atoms with Gasteiger partial charge in [0.1, 0.15) is 6.73 Å². The molecule has 0 aromatic rings. The number of rotatable bonds is 7. The number of nitrogens with zero attached hydrogens (tertiary/aromatic N) is 3. The van der Waals surface area contributed by atoms with Crippen LogP contribution in [0.4, 0.5) is 0 Å². The summed E-state index contributed by atoms with van der Waals surface area (Å²) in [4.78, 5) is 18.0. The second kappa shape index (κ2) is 8.24. The third-order valence-corrected chi connectivity index (χ3v) is 2.84. The minimum atomic E-state index is -0.357. The Bertz CT molecular complexity index is 257. The molecular formula is C13H25N3O2. The molecular weight excluding hydrogens is 230 g/mol. The SMILES string of the molecule is C=CC(=O)OCN1CN(CCC)CN(CCC)C1. The van der Waals surface area contributed by atoms with Gasteiger partial charge in [0.15, 0.2) is 0 Å². The molecule has 1 saturated heterocycles. The van der Waals surface area contributed by atoms with E-state index in [2.05, 4.69) is 35.1 Å². The maximum atomic E-state index is 11.1. The highest BCUT2D eigenvalue weighted by Crippen LogP contribution is 2.08. The van der Waals surface area contributed by atoms with E-state index in [4.69, 9.17) is 4.74 Å². The Morgan fingerprint density at radius 2 is 1.61 bits per heavy atom. The zero-order chi connectivity index (χ0) is 13.4. The fraction of sp³-hybridized carbons (Fsp3) is 0.769. The lowest BCUT2D eigenvalue weighted by atomic mass is 10.4. The molecule has 0 unspecified atom stereocenters. The smallest absolute Gasteiger partial charge is 0.331 e. The average Bonchev–Trinajstić information content (AvgIpc) is 2.36. The Morgan fingerprint density at radius 3 is 2.06 bits per heavy atom. The van der Waals surface area contributed by atoms with E-state index in [-0.39, 0.29) is 5.97 Å². The highest BCUT2D eigenvalue weighted by Gasteiger charge is 2.22. The zero-order valence-electron chi connectivity index (χ0n) is 11.6. The van der Waals surface area contributed by atoms with Crippen LogP contribution in [0.15, 0.2) is 12.7 Å². The third-order valence-electron chi connectivity index (χ3n) is 2.84. The number of hydrogen-bond acceptors (Lipinski definition) is 5. The zero-order valence-corrected chi connectivity index (χ0v) is 11.6. The van der Waals surface area contributed by atoms with Gasteiger partial charge in [0.25, 0.3) is 0 Å². The largest absolute Gasteiger partial charge is 0.446 e. The lowest BCUT2D eigenvalue weighted by Crippen LogP contribution is -2.55. The molecule has 1 fully saturated rings. The Labute approximate surface area is 110 Å². The highest BCUT2D eigenvalue weighted by molar-refractivity contribution is 5.81. The van der Waals surface area contributed by atoms with Gasteiger partial charge >= 0.3 is 5.97 Å². The van der Waals surface area contributed by atoms with Gasteiger partial charge in [0.2, 0.25) is 0 Å². The lowest BCUT2D eigenvalue weighted by molar-refractivity contribution is -0.148. The van der Waals surface area contributed by atoms with Crippen molar-refractivity contribution in [2.24, 2.45) is 0 Å². The summed E-state index contributed by atoms with van der Waals surface area (Å²) in [6.07, 6.45) is 3.48. The van der Waals surface area contributed by atoms with Crippen LogP contribution in [0.5, 0.6) is 0 Å². The molecule has 0 atom stereocenters. The van der Waals surface area contributed by atoms with Crippen LogP contribution in [0.2, 0.25) is 0 Å². The summed E-state index contributed by atoms with van der Waals surface area (Å²) in [5.74, 6) is -0.357. The normalized spacial score (nSPS) is 18.8. The summed E-state index contributed by atoms with van der Waals surface area (Å²) in [6, 6.07) is 0. The van der Waals surface area contributed by atoms with Crippen molar-refractivity contribution >= 4 is 5.97 Å². The quantitative estimate of drug-likeness (QED) is 0.506. The van der Waals surface area contributed by atoms with E-state index >= 15 is 0 Å². The first-order chi connectivity index (χ1) is 8.69. The second-order valence-corrected chi connectivity index (χ2v) is 4.68. The van der Waals surface area contributed by atoms with E-state index in [1.54, 1.807) is 0 Å². The topological polar surface area (TPSA) is 36.0 Å². The first kappa shape index (κ1) is 15.1. The van der Waals surface area contributed by atoms with Crippen LogP contribution < -0.4 is 0 Å². The van der Waals surface area contributed by atoms with Crippen molar-refractivity contribution in [3.8, 4) is 0 Å². The molecule has 0 radical (unpaired) electrons. The molecule has 0 aromatic carbocycles.